The summed E-state index contributed by atoms with van der Waals surface area (Å²) in [5, 5.41) is 2.95. The topological polar surface area (TPSA) is 49.4 Å². The van der Waals surface area contributed by atoms with Crippen LogP contribution >= 0.6 is 0 Å². The Balaban J connectivity index is 1.68. The Morgan fingerprint density at radius 1 is 1.08 bits per heavy atom. The molecule has 4 heteroatoms. The van der Waals surface area contributed by atoms with E-state index in [1.54, 1.807) is 4.90 Å². The molecule has 0 saturated carbocycles. The van der Waals surface area contributed by atoms with Gasteiger partial charge in [0, 0.05) is 24.3 Å². The lowest BCUT2D eigenvalue weighted by molar-refractivity contribution is -0.122. The predicted molar refractivity (Wildman–Crippen MR) is 105 cm³/mol. The predicted octanol–water partition coefficient (Wildman–Crippen LogP) is 4.28. The van der Waals surface area contributed by atoms with Crippen molar-refractivity contribution in [3.63, 3.8) is 0 Å². The molecule has 26 heavy (non-hydrogen) atoms. The summed E-state index contributed by atoms with van der Waals surface area (Å²) in [5.41, 5.74) is 4.00. The van der Waals surface area contributed by atoms with E-state index in [2.05, 4.69) is 26.1 Å². The smallest absolute Gasteiger partial charge is 0.229 e. The van der Waals surface area contributed by atoms with Gasteiger partial charge >= 0.3 is 0 Å². The van der Waals surface area contributed by atoms with Crippen LogP contribution < -0.4 is 10.2 Å². The fraction of sp³-hybridized carbons (Fsp3) is 0.364. The summed E-state index contributed by atoms with van der Waals surface area (Å²) < 4.78 is 0. The van der Waals surface area contributed by atoms with E-state index < -0.39 is 0 Å². The van der Waals surface area contributed by atoms with Crippen LogP contribution in [0.4, 0.5) is 11.4 Å². The second kappa shape index (κ2) is 6.94. The number of carbonyl (C=O) groups is 2. The van der Waals surface area contributed by atoms with Crippen LogP contribution in [0.25, 0.3) is 0 Å². The van der Waals surface area contributed by atoms with Gasteiger partial charge in [-0.15, -0.1) is 0 Å². The summed E-state index contributed by atoms with van der Waals surface area (Å²) in [5.74, 6) is -0.426. The van der Waals surface area contributed by atoms with Gasteiger partial charge in [-0.3, -0.25) is 9.59 Å². The Hall–Kier alpha value is -2.62. The molecule has 0 spiro atoms. The first-order valence-corrected chi connectivity index (χ1v) is 9.03. The fourth-order valence-corrected chi connectivity index (χ4v) is 3.28. The molecule has 2 amide bonds. The van der Waals surface area contributed by atoms with E-state index in [9.17, 15) is 9.59 Å². The molecule has 136 valence electrons. The van der Waals surface area contributed by atoms with Gasteiger partial charge in [0.2, 0.25) is 11.8 Å². The van der Waals surface area contributed by atoms with E-state index >= 15 is 0 Å². The van der Waals surface area contributed by atoms with E-state index in [1.165, 1.54) is 5.56 Å². The molecule has 4 nitrogen and oxygen atoms in total. The van der Waals surface area contributed by atoms with Gasteiger partial charge in [0.25, 0.3) is 0 Å². The number of anilines is 2. The maximum atomic E-state index is 12.6. The zero-order valence-electron chi connectivity index (χ0n) is 15.9. The van der Waals surface area contributed by atoms with Gasteiger partial charge in [0.15, 0.2) is 0 Å². The first-order valence-electron chi connectivity index (χ1n) is 9.03. The molecule has 2 aromatic rings. The van der Waals surface area contributed by atoms with E-state index in [0.29, 0.717) is 6.54 Å². The molecule has 1 aliphatic rings. The van der Waals surface area contributed by atoms with Crippen molar-refractivity contribution in [1.82, 2.24) is 0 Å². The summed E-state index contributed by atoms with van der Waals surface area (Å²) in [7, 11) is 0. The van der Waals surface area contributed by atoms with Crippen LogP contribution in [0.1, 0.15) is 38.3 Å². The Morgan fingerprint density at radius 2 is 1.73 bits per heavy atom. The Morgan fingerprint density at radius 3 is 2.35 bits per heavy atom. The molecule has 0 bridgehead atoms. The van der Waals surface area contributed by atoms with Crippen LogP contribution in [-0.4, -0.2) is 18.4 Å². The van der Waals surface area contributed by atoms with Crippen molar-refractivity contribution in [3.8, 4) is 0 Å². The number of nitrogens with zero attached hydrogens (tertiary/aromatic N) is 1. The molecule has 1 aliphatic heterocycles. The van der Waals surface area contributed by atoms with Crippen LogP contribution in [0.15, 0.2) is 48.5 Å². The SMILES string of the molecule is Cc1ccccc1N1C[C@H](C(=O)Nc2ccc(C(C)(C)C)cc2)CC1=O. The van der Waals surface area contributed by atoms with Crippen molar-refractivity contribution in [2.45, 2.75) is 39.5 Å². The van der Waals surface area contributed by atoms with Gasteiger partial charge in [-0.05, 0) is 41.7 Å². The second-order valence-electron chi connectivity index (χ2n) is 8.01. The van der Waals surface area contributed by atoms with Crippen molar-refractivity contribution in [1.29, 1.82) is 0 Å². The number of hydrogen-bond donors (Lipinski definition) is 1. The summed E-state index contributed by atoms with van der Waals surface area (Å²) in [6.45, 7) is 8.88. The first-order chi connectivity index (χ1) is 12.3. The summed E-state index contributed by atoms with van der Waals surface area (Å²) in [6, 6.07) is 15.7. The minimum absolute atomic E-state index is 0.00234. The number of hydrogen-bond acceptors (Lipinski definition) is 2. The maximum absolute atomic E-state index is 12.6. The number of aryl methyl sites for hydroxylation is 1. The molecule has 0 unspecified atom stereocenters. The standard InChI is InChI=1S/C22H26N2O2/c1-15-7-5-6-8-19(15)24-14-16(13-20(24)25)21(26)23-18-11-9-17(10-12-18)22(2,3)4/h5-12,16H,13-14H2,1-4H3,(H,23,26)/t16-/m1/s1. The van der Waals surface area contributed by atoms with Crippen molar-refractivity contribution in [2.75, 3.05) is 16.8 Å². The fourth-order valence-electron chi connectivity index (χ4n) is 3.28. The third-order valence-corrected chi connectivity index (χ3v) is 4.92. The molecule has 1 atom stereocenters. The molecule has 1 fully saturated rings. The number of benzene rings is 2. The quantitative estimate of drug-likeness (QED) is 0.898. The monoisotopic (exact) mass is 350 g/mol. The molecule has 1 N–H and O–H groups in total. The van der Waals surface area contributed by atoms with Crippen LogP contribution in [0.5, 0.6) is 0 Å². The summed E-state index contributed by atoms with van der Waals surface area (Å²) >= 11 is 0. The normalized spacial score (nSPS) is 17.5. The van der Waals surface area contributed by atoms with E-state index in [0.717, 1.165) is 16.9 Å². The lowest BCUT2D eigenvalue weighted by Crippen LogP contribution is -2.28. The molecular formula is C22H26N2O2. The Bertz CT molecular complexity index is 819. The number of para-hydroxylation sites is 1. The van der Waals surface area contributed by atoms with Crippen LogP contribution in [0.3, 0.4) is 0 Å². The maximum Gasteiger partial charge on any atom is 0.229 e. The molecule has 1 saturated heterocycles. The van der Waals surface area contributed by atoms with Crippen molar-refractivity contribution >= 4 is 23.2 Å². The second-order valence-corrected chi connectivity index (χ2v) is 8.01. The van der Waals surface area contributed by atoms with Crippen molar-refractivity contribution in [2.24, 2.45) is 5.92 Å². The highest BCUT2D eigenvalue weighted by Crippen LogP contribution is 2.29. The third kappa shape index (κ3) is 3.79. The summed E-state index contributed by atoms with van der Waals surface area (Å²) in [4.78, 5) is 26.7. The van der Waals surface area contributed by atoms with Gasteiger partial charge in [0.1, 0.15) is 0 Å². The highest BCUT2D eigenvalue weighted by Gasteiger charge is 2.35. The van der Waals surface area contributed by atoms with Gasteiger partial charge in [-0.1, -0.05) is 51.1 Å². The largest absolute Gasteiger partial charge is 0.326 e. The molecule has 0 aromatic heterocycles. The van der Waals surface area contributed by atoms with E-state index in [-0.39, 0.29) is 29.6 Å². The van der Waals surface area contributed by atoms with E-state index in [4.69, 9.17) is 0 Å². The van der Waals surface area contributed by atoms with Crippen LogP contribution in [0, 0.1) is 12.8 Å². The molecule has 1 heterocycles. The number of rotatable bonds is 3. The zero-order chi connectivity index (χ0) is 18.9. The molecule has 0 aliphatic carbocycles. The minimum atomic E-state index is -0.329. The molecule has 2 aromatic carbocycles. The van der Waals surface area contributed by atoms with Crippen molar-refractivity contribution < 1.29 is 9.59 Å². The van der Waals surface area contributed by atoms with Crippen LogP contribution in [-0.2, 0) is 15.0 Å². The van der Waals surface area contributed by atoms with Gasteiger partial charge in [-0.25, -0.2) is 0 Å². The Kier molecular flexibility index (Phi) is 4.86. The van der Waals surface area contributed by atoms with Gasteiger partial charge in [0.05, 0.1) is 5.92 Å². The van der Waals surface area contributed by atoms with Crippen molar-refractivity contribution in [3.05, 3.63) is 59.7 Å². The number of carbonyl (C=O) groups excluding carboxylic acids is 2. The lowest BCUT2D eigenvalue weighted by Gasteiger charge is -2.20. The molecule has 0 radical (unpaired) electrons. The third-order valence-electron chi connectivity index (χ3n) is 4.92. The van der Waals surface area contributed by atoms with Gasteiger partial charge < -0.3 is 10.2 Å². The van der Waals surface area contributed by atoms with Crippen LogP contribution in [0.2, 0.25) is 0 Å². The van der Waals surface area contributed by atoms with E-state index in [1.807, 2.05) is 55.5 Å². The first kappa shape index (κ1) is 18.2. The van der Waals surface area contributed by atoms with Gasteiger partial charge in [-0.2, -0.15) is 0 Å². The highest BCUT2D eigenvalue weighted by molar-refractivity contribution is 6.03. The minimum Gasteiger partial charge on any atom is -0.326 e. The average molecular weight is 350 g/mol. The number of nitrogens with one attached hydrogen (secondary N) is 1. The average Bonchev–Trinajstić information content (AvgIpc) is 2.97. The zero-order valence-corrected chi connectivity index (χ0v) is 15.9. The molecule has 3 rings (SSSR count). The lowest BCUT2D eigenvalue weighted by atomic mass is 9.87. The Labute approximate surface area is 155 Å². The summed E-state index contributed by atoms with van der Waals surface area (Å²) in [6.07, 6.45) is 0.250. The highest BCUT2D eigenvalue weighted by atomic mass is 16.2. The number of amides is 2. The molecular weight excluding hydrogens is 324 g/mol.